The van der Waals surface area contributed by atoms with E-state index < -0.39 is 17.9 Å². The Morgan fingerprint density at radius 1 is 1.00 bits per heavy atom. The smallest absolute Gasteiger partial charge is 0.461 e. The van der Waals surface area contributed by atoms with E-state index in [0.29, 0.717) is 43.0 Å². The number of halogens is 6. The number of anilines is 1. The molecule has 0 unspecified atom stereocenters. The van der Waals surface area contributed by atoms with Crippen molar-refractivity contribution < 1.29 is 27.0 Å². The number of fused-ring (bicyclic) bond motifs is 4. The van der Waals surface area contributed by atoms with E-state index in [1.807, 2.05) is 0 Å². The first kappa shape index (κ1) is 30.8. The monoisotopic (exact) mass is 630 g/mol. The van der Waals surface area contributed by atoms with Crippen molar-refractivity contribution in [1.29, 1.82) is 0 Å². The second-order valence-corrected chi connectivity index (χ2v) is 11.3. The van der Waals surface area contributed by atoms with Crippen LogP contribution in [0.5, 0.6) is 11.8 Å². The largest absolute Gasteiger partial charge is 0.573 e. The molecule has 2 atom stereocenters. The molecule has 0 spiro atoms. The SMILES string of the molecule is Cl.Cl.Fc1c(-c2ccccc2OC(F)(F)F)ncc2c(N3C[C@H]4CC[C@@H](C3)N4)nc(OCC34CCCN3CCC4)nc12. The molecule has 14 heteroatoms. The van der Waals surface area contributed by atoms with E-state index in [4.69, 9.17) is 9.72 Å². The Morgan fingerprint density at radius 3 is 2.38 bits per heavy atom. The van der Waals surface area contributed by atoms with E-state index in [1.165, 1.54) is 24.4 Å². The number of rotatable bonds is 6. The first-order valence-corrected chi connectivity index (χ1v) is 13.9. The van der Waals surface area contributed by atoms with Crippen LogP contribution in [0.2, 0.25) is 0 Å². The molecule has 1 aromatic carbocycles. The Kier molecular flexibility index (Phi) is 8.63. The van der Waals surface area contributed by atoms with Crippen LogP contribution in [0.4, 0.5) is 23.4 Å². The van der Waals surface area contributed by atoms with Gasteiger partial charge < -0.3 is 19.7 Å². The number of benzene rings is 1. The Balaban J connectivity index is 0.00000176. The fraction of sp³-hybridized carbons (Fsp3) is 0.536. The molecule has 42 heavy (non-hydrogen) atoms. The standard InChI is InChI=1S/C28H30F4N6O2.2ClH/c29-22-23(19-5-1-2-6-21(19)40-28(30,31)32)33-13-20-24(22)35-26(39-16-27-9-3-11-38(27)12-4-10-27)36-25(20)37-14-17-7-8-18(15-37)34-17;;/h1-2,5-6,13,17-18,34H,3-4,7-12,14-16H2;2*1H/t17-,18+;;. The van der Waals surface area contributed by atoms with Crippen LogP contribution >= 0.6 is 24.8 Å². The average Bonchev–Trinajstić information content (AvgIpc) is 3.61. The molecule has 8 nitrogen and oxygen atoms in total. The van der Waals surface area contributed by atoms with Crippen molar-refractivity contribution in [3.8, 4) is 23.0 Å². The van der Waals surface area contributed by atoms with Crippen LogP contribution in [0, 0.1) is 5.82 Å². The summed E-state index contributed by atoms with van der Waals surface area (Å²) in [5.74, 6) is -0.848. The maximum Gasteiger partial charge on any atom is 0.573 e. The number of aromatic nitrogens is 3. The Labute approximate surface area is 253 Å². The van der Waals surface area contributed by atoms with Gasteiger partial charge in [-0.2, -0.15) is 9.97 Å². The van der Waals surface area contributed by atoms with Crippen molar-refractivity contribution >= 4 is 41.5 Å². The molecule has 0 radical (unpaired) electrons. The van der Waals surface area contributed by atoms with E-state index in [1.54, 1.807) is 0 Å². The van der Waals surface area contributed by atoms with Crippen molar-refractivity contribution in [3.05, 3.63) is 36.3 Å². The maximum atomic E-state index is 16.2. The van der Waals surface area contributed by atoms with Gasteiger partial charge in [-0.3, -0.25) is 9.88 Å². The molecule has 4 aliphatic heterocycles. The number of pyridine rings is 1. The highest BCUT2D eigenvalue weighted by Crippen LogP contribution is 2.41. The van der Waals surface area contributed by atoms with Gasteiger partial charge in [0, 0.05) is 36.9 Å². The van der Waals surface area contributed by atoms with E-state index in [0.717, 1.165) is 57.7 Å². The molecule has 2 bridgehead atoms. The lowest BCUT2D eigenvalue weighted by atomic mass is 9.95. The summed E-state index contributed by atoms with van der Waals surface area (Å²) >= 11 is 0. The van der Waals surface area contributed by atoms with Crippen molar-refractivity contribution in [3.63, 3.8) is 0 Å². The van der Waals surface area contributed by atoms with Crippen LogP contribution in [0.1, 0.15) is 38.5 Å². The lowest BCUT2D eigenvalue weighted by Gasteiger charge is -2.34. The summed E-state index contributed by atoms with van der Waals surface area (Å²) in [4.78, 5) is 18.1. The van der Waals surface area contributed by atoms with Crippen LogP contribution in [-0.2, 0) is 0 Å². The quantitative estimate of drug-likeness (QED) is 0.357. The number of para-hydroxylation sites is 1. The normalized spacial score (nSPS) is 22.9. The molecule has 4 aliphatic rings. The molecule has 0 amide bonds. The number of piperazine rings is 1. The first-order chi connectivity index (χ1) is 19.3. The molecular weight excluding hydrogens is 599 g/mol. The van der Waals surface area contributed by atoms with Crippen LogP contribution < -0.4 is 19.7 Å². The molecule has 4 fully saturated rings. The number of nitrogens with zero attached hydrogens (tertiary/aromatic N) is 5. The van der Waals surface area contributed by atoms with Gasteiger partial charge in [-0.1, -0.05) is 12.1 Å². The van der Waals surface area contributed by atoms with Gasteiger partial charge in [0.2, 0.25) is 0 Å². The minimum atomic E-state index is -4.94. The lowest BCUT2D eigenvalue weighted by Crippen LogP contribution is -2.51. The van der Waals surface area contributed by atoms with Crippen molar-refractivity contribution in [2.24, 2.45) is 0 Å². The van der Waals surface area contributed by atoms with E-state index in [-0.39, 0.29) is 53.1 Å². The van der Waals surface area contributed by atoms with Gasteiger partial charge in [0.15, 0.2) is 5.82 Å². The number of hydrogen-bond acceptors (Lipinski definition) is 8. The third-order valence-corrected chi connectivity index (χ3v) is 8.81. The molecule has 0 saturated carbocycles. The topological polar surface area (TPSA) is 75.6 Å². The summed E-state index contributed by atoms with van der Waals surface area (Å²) in [5, 5.41) is 3.98. The minimum absolute atomic E-state index is 0. The van der Waals surface area contributed by atoms with Crippen molar-refractivity contribution in [2.45, 2.75) is 62.5 Å². The Morgan fingerprint density at radius 2 is 1.69 bits per heavy atom. The molecular formula is C28H32Cl2F4N6O2. The van der Waals surface area contributed by atoms with Gasteiger partial charge >= 0.3 is 12.4 Å². The molecule has 1 N–H and O–H groups in total. The Bertz CT molecular complexity index is 1430. The zero-order chi connectivity index (χ0) is 27.5. The zero-order valence-corrected chi connectivity index (χ0v) is 24.3. The molecule has 2 aromatic heterocycles. The number of nitrogens with one attached hydrogen (secondary N) is 1. The summed E-state index contributed by atoms with van der Waals surface area (Å²) in [6.07, 6.45) is 2.90. The molecule has 0 aliphatic carbocycles. The number of hydrogen-bond donors (Lipinski definition) is 1. The Hall–Kier alpha value is -2.67. The molecule has 6 heterocycles. The molecule has 3 aromatic rings. The lowest BCUT2D eigenvalue weighted by molar-refractivity contribution is -0.274. The van der Waals surface area contributed by atoms with Gasteiger partial charge in [-0.05, 0) is 63.7 Å². The highest BCUT2D eigenvalue weighted by Gasteiger charge is 2.45. The fourth-order valence-electron chi connectivity index (χ4n) is 7.02. The number of alkyl halides is 3. The third kappa shape index (κ3) is 5.66. The van der Waals surface area contributed by atoms with Crippen LogP contribution in [0.3, 0.4) is 0 Å². The summed E-state index contributed by atoms with van der Waals surface area (Å²) < 4.78 is 65.9. The maximum absolute atomic E-state index is 16.2. The number of ether oxygens (including phenoxy) is 2. The predicted molar refractivity (Wildman–Crippen MR) is 154 cm³/mol. The van der Waals surface area contributed by atoms with Gasteiger partial charge in [0.25, 0.3) is 0 Å². The highest BCUT2D eigenvalue weighted by molar-refractivity contribution is 5.92. The third-order valence-electron chi connectivity index (χ3n) is 8.81. The van der Waals surface area contributed by atoms with Gasteiger partial charge in [-0.25, -0.2) is 4.39 Å². The predicted octanol–water partition coefficient (Wildman–Crippen LogP) is 5.52. The average molecular weight is 632 g/mol. The first-order valence-electron chi connectivity index (χ1n) is 13.9. The van der Waals surface area contributed by atoms with Gasteiger partial charge in [0.05, 0.1) is 10.9 Å². The summed E-state index contributed by atoms with van der Waals surface area (Å²) in [6.45, 7) is 3.89. The van der Waals surface area contributed by atoms with Crippen LogP contribution in [0.15, 0.2) is 30.5 Å². The van der Waals surface area contributed by atoms with E-state index >= 15 is 4.39 Å². The summed E-state index contributed by atoms with van der Waals surface area (Å²) in [5.41, 5.74) is -0.485. The van der Waals surface area contributed by atoms with Gasteiger partial charge in [-0.15, -0.1) is 38.0 Å². The molecule has 7 rings (SSSR count). The fourth-order valence-corrected chi connectivity index (χ4v) is 7.02. The second kappa shape index (κ2) is 11.8. The summed E-state index contributed by atoms with van der Waals surface area (Å²) in [7, 11) is 0. The zero-order valence-electron chi connectivity index (χ0n) is 22.7. The molecule has 228 valence electrons. The van der Waals surface area contributed by atoms with Crippen LogP contribution in [-0.4, -0.2) is 76.6 Å². The van der Waals surface area contributed by atoms with Crippen molar-refractivity contribution in [1.82, 2.24) is 25.2 Å². The minimum Gasteiger partial charge on any atom is -0.461 e. The second-order valence-electron chi connectivity index (χ2n) is 11.3. The molecule has 4 saturated heterocycles. The van der Waals surface area contributed by atoms with Crippen molar-refractivity contribution in [2.75, 3.05) is 37.7 Å². The van der Waals surface area contributed by atoms with E-state index in [2.05, 4.69) is 29.8 Å². The van der Waals surface area contributed by atoms with Gasteiger partial charge in [0.1, 0.15) is 29.4 Å². The van der Waals surface area contributed by atoms with E-state index in [9.17, 15) is 13.2 Å². The van der Waals surface area contributed by atoms with Crippen LogP contribution in [0.25, 0.3) is 22.2 Å². The summed E-state index contributed by atoms with van der Waals surface area (Å²) in [6, 6.07) is 6.07. The highest BCUT2D eigenvalue weighted by atomic mass is 35.5.